The summed E-state index contributed by atoms with van der Waals surface area (Å²) in [4.78, 5) is 41.3. The van der Waals surface area contributed by atoms with E-state index < -0.39 is 29.3 Å². The fourth-order valence-electron chi connectivity index (χ4n) is 4.86. The van der Waals surface area contributed by atoms with Crippen molar-refractivity contribution in [3.05, 3.63) is 71.2 Å². The highest BCUT2D eigenvalue weighted by molar-refractivity contribution is 5.97. The van der Waals surface area contributed by atoms with E-state index in [2.05, 4.69) is 5.32 Å². The zero-order chi connectivity index (χ0) is 26.2. The first-order valence-corrected chi connectivity index (χ1v) is 11.8. The van der Waals surface area contributed by atoms with Gasteiger partial charge in [-0.3, -0.25) is 4.79 Å². The fourth-order valence-corrected chi connectivity index (χ4v) is 4.86. The number of rotatable bonds is 4. The zero-order valence-corrected chi connectivity index (χ0v) is 21.0. The Bertz CT molecular complexity index is 1220. The van der Waals surface area contributed by atoms with Gasteiger partial charge in [-0.15, -0.1) is 0 Å². The van der Waals surface area contributed by atoms with Gasteiger partial charge in [0.25, 0.3) is 5.91 Å². The summed E-state index contributed by atoms with van der Waals surface area (Å²) < 4.78 is 24.2. The topological polar surface area (TPSA) is 88.2 Å². The van der Waals surface area contributed by atoms with Crippen LogP contribution in [0.15, 0.2) is 54.2 Å². The van der Waals surface area contributed by atoms with Crippen molar-refractivity contribution in [1.29, 1.82) is 0 Å². The summed E-state index contributed by atoms with van der Waals surface area (Å²) in [6, 6.07) is 10.2. The Morgan fingerprint density at radius 2 is 1.83 bits per heavy atom. The third-order valence-corrected chi connectivity index (χ3v) is 6.49. The summed E-state index contributed by atoms with van der Waals surface area (Å²) in [5, 5.41) is 3.41. The molecule has 0 aromatic heterocycles. The van der Waals surface area contributed by atoms with Crippen molar-refractivity contribution >= 4 is 23.7 Å². The highest BCUT2D eigenvalue weighted by Crippen LogP contribution is 2.51. The van der Waals surface area contributed by atoms with Crippen LogP contribution in [0.2, 0.25) is 0 Å². The minimum atomic E-state index is -0.526. The second-order valence-corrected chi connectivity index (χ2v) is 9.84. The number of nitrogens with one attached hydrogen (secondary N) is 1. The number of anilines is 1. The van der Waals surface area contributed by atoms with Crippen LogP contribution in [0, 0.1) is 11.2 Å². The lowest BCUT2D eigenvalue weighted by Gasteiger charge is -2.36. The van der Waals surface area contributed by atoms with Crippen LogP contribution in [0.4, 0.5) is 14.9 Å². The molecule has 0 saturated heterocycles. The number of halogens is 1. The molecule has 36 heavy (non-hydrogen) atoms. The quantitative estimate of drug-likeness (QED) is 0.633. The van der Waals surface area contributed by atoms with E-state index in [0.717, 1.165) is 11.3 Å². The summed E-state index contributed by atoms with van der Waals surface area (Å²) in [6.45, 7) is 6.29. The maximum absolute atomic E-state index is 13.4. The van der Waals surface area contributed by atoms with E-state index in [1.54, 1.807) is 39.4 Å². The number of esters is 1. The molecule has 0 bridgehead atoms. The number of benzene rings is 2. The van der Waals surface area contributed by atoms with Crippen molar-refractivity contribution in [2.24, 2.45) is 5.41 Å². The highest BCUT2D eigenvalue weighted by Gasteiger charge is 2.49. The number of fused-ring (bicyclic) bond motifs is 3. The second kappa shape index (κ2) is 9.64. The van der Waals surface area contributed by atoms with E-state index in [1.165, 1.54) is 34.1 Å². The first-order chi connectivity index (χ1) is 17.0. The van der Waals surface area contributed by atoms with Crippen LogP contribution >= 0.6 is 0 Å². The van der Waals surface area contributed by atoms with Crippen molar-refractivity contribution in [2.45, 2.75) is 32.7 Å². The number of nitrogens with zero attached hydrogens (tertiary/aromatic N) is 2. The van der Waals surface area contributed by atoms with Crippen molar-refractivity contribution in [2.75, 3.05) is 32.6 Å². The van der Waals surface area contributed by atoms with Crippen LogP contribution in [0.3, 0.4) is 0 Å². The SMILES string of the molecule is CCOC(=O)C1=CN(C(=O)c2ccc(F)cc2)CC(C)(C)C2c3ccc(OC(=O)N(C)C)cc3NC12. The number of amides is 2. The molecule has 2 aromatic carbocycles. The van der Waals surface area contributed by atoms with Gasteiger partial charge in [-0.2, -0.15) is 0 Å². The number of hydrogen-bond acceptors (Lipinski definition) is 6. The normalized spacial score (nSPS) is 19.7. The molecule has 4 rings (SSSR count). The number of hydrogen-bond donors (Lipinski definition) is 1. The van der Waals surface area contributed by atoms with Gasteiger partial charge < -0.3 is 24.6 Å². The minimum absolute atomic E-state index is 0.181. The molecule has 2 amide bonds. The molecule has 2 aliphatic rings. The Hall–Kier alpha value is -3.88. The van der Waals surface area contributed by atoms with E-state index >= 15 is 0 Å². The summed E-state index contributed by atoms with van der Waals surface area (Å²) in [5.74, 6) is -1.11. The molecule has 2 atom stereocenters. The number of carbonyl (C=O) groups is 3. The molecule has 2 unspecified atom stereocenters. The van der Waals surface area contributed by atoms with Crippen molar-refractivity contribution in [3.8, 4) is 5.75 Å². The average Bonchev–Trinajstić information content (AvgIpc) is 3.15. The van der Waals surface area contributed by atoms with Gasteiger partial charge in [-0.1, -0.05) is 19.9 Å². The molecule has 190 valence electrons. The van der Waals surface area contributed by atoms with Gasteiger partial charge in [0.05, 0.1) is 18.2 Å². The lowest BCUT2D eigenvalue weighted by atomic mass is 9.71. The molecule has 0 radical (unpaired) electrons. The van der Waals surface area contributed by atoms with Gasteiger partial charge in [0.2, 0.25) is 0 Å². The smallest absolute Gasteiger partial charge is 0.414 e. The van der Waals surface area contributed by atoms with E-state index in [4.69, 9.17) is 9.47 Å². The van der Waals surface area contributed by atoms with E-state index in [0.29, 0.717) is 23.4 Å². The molecular weight excluding hydrogens is 465 g/mol. The van der Waals surface area contributed by atoms with Crippen LogP contribution in [0.25, 0.3) is 0 Å². The minimum Gasteiger partial charge on any atom is -0.463 e. The maximum atomic E-state index is 13.4. The zero-order valence-electron chi connectivity index (χ0n) is 21.0. The predicted octanol–water partition coefficient (Wildman–Crippen LogP) is 4.39. The first-order valence-electron chi connectivity index (χ1n) is 11.8. The maximum Gasteiger partial charge on any atom is 0.414 e. The molecule has 2 aromatic rings. The summed E-state index contributed by atoms with van der Waals surface area (Å²) in [5.41, 5.74) is 1.84. The Labute approximate surface area is 209 Å². The van der Waals surface area contributed by atoms with E-state index in [-0.39, 0.29) is 18.4 Å². The summed E-state index contributed by atoms with van der Waals surface area (Å²) >= 11 is 0. The van der Waals surface area contributed by atoms with Crippen LogP contribution in [0.1, 0.15) is 42.6 Å². The van der Waals surface area contributed by atoms with Crippen LogP contribution < -0.4 is 10.1 Å². The Kier molecular flexibility index (Phi) is 6.75. The van der Waals surface area contributed by atoms with Gasteiger partial charge in [-0.05, 0) is 48.2 Å². The van der Waals surface area contributed by atoms with Crippen molar-refractivity contribution < 1.29 is 28.2 Å². The van der Waals surface area contributed by atoms with Gasteiger partial charge in [0, 0.05) is 50.1 Å². The molecule has 0 saturated carbocycles. The van der Waals surface area contributed by atoms with Crippen LogP contribution in [0.5, 0.6) is 5.75 Å². The molecule has 8 nitrogen and oxygen atoms in total. The van der Waals surface area contributed by atoms with Crippen molar-refractivity contribution in [1.82, 2.24) is 9.80 Å². The molecule has 0 fully saturated rings. The lowest BCUT2D eigenvalue weighted by molar-refractivity contribution is -0.138. The number of carbonyl (C=O) groups excluding carboxylic acids is 3. The monoisotopic (exact) mass is 495 g/mol. The van der Waals surface area contributed by atoms with Gasteiger partial charge >= 0.3 is 12.1 Å². The molecule has 0 aliphatic carbocycles. The summed E-state index contributed by atoms with van der Waals surface area (Å²) in [6.07, 6.45) is 1.05. The first kappa shape index (κ1) is 25.2. The van der Waals surface area contributed by atoms with Gasteiger partial charge in [-0.25, -0.2) is 14.0 Å². The molecule has 1 N–H and O–H groups in total. The second-order valence-electron chi connectivity index (χ2n) is 9.84. The number of ether oxygens (including phenoxy) is 2. The lowest BCUT2D eigenvalue weighted by Crippen LogP contribution is -2.39. The van der Waals surface area contributed by atoms with Crippen LogP contribution in [-0.2, 0) is 9.53 Å². The predicted molar refractivity (Wildman–Crippen MR) is 132 cm³/mol. The largest absolute Gasteiger partial charge is 0.463 e. The third kappa shape index (κ3) is 4.78. The average molecular weight is 496 g/mol. The molecule has 2 aliphatic heterocycles. The van der Waals surface area contributed by atoms with E-state index in [1.807, 2.05) is 19.9 Å². The van der Waals surface area contributed by atoms with E-state index in [9.17, 15) is 18.8 Å². The highest BCUT2D eigenvalue weighted by atomic mass is 19.1. The Balaban J connectivity index is 1.74. The third-order valence-electron chi connectivity index (χ3n) is 6.49. The molecule has 9 heteroatoms. The Morgan fingerprint density at radius 3 is 2.47 bits per heavy atom. The van der Waals surface area contributed by atoms with Gasteiger partial charge in [0.1, 0.15) is 11.6 Å². The Morgan fingerprint density at radius 1 is 1.14 bits per heavy atom. The molecule has 2 heterocycles. The molecule has 0 spiro atoms. The fraction of sp³-hybridized carbons (Fsp3) is 0.370. The van der Waals surface area contributed by atoms with Gasteiger partial charge in [0.15, 0.2) is 0 Å². The van der Waals surface area contributed by atoms with Crippen LogP contribution in [-0.4, -0.2) is 61.1 Å². The standard InChI is InChI=1S/C27H30FN3O5/c1-6-35-25(33)20-14-31(24(32)16-7-9-17(28)10-8-16)15-27(2,3)22-19-12-11-18(36-26(34)30(4)5)13-21(19)29-23(20)22/h7-14,22-23,29H,6,15H2,1-5H3. The summed E-state index contributed by atoms with van der Waals surface area (Å²) in [7, 11) is 3.20. The van der Waals surface area contributed by atoms with Crippen molar-refractivity contribution in [3.63, 3.8) is 0 Å². The molecular formula is C27H30FN3O5.